The Hall–Kier alpha value is -4.69. The second-order valence-corrected chi connectivity index (χ2v) is 11.5. The largest absolute Gasteiger partial charge is 0.489 e. The highest BCUT2D eigenvalue weighted by Gasteiger charge is 2.12. The summed E-state index contributed by atoms with van der Waals surface area (Å²) >= 11 is 0. The molecule has 0 aromatic heterocycles. The van der Waals surface area contributed by atoms with Crippen molar-refractivity contribution in [3.63, 3.8) is 0 Å². The molecular weight excluding hydrogens is 592 g/mol. The molecule has 0 saturated heterocycles. The zero-order valence-electron chi connectivity index (χ0n) is 27.0. The average Bonchev–Trinajstić information content (AvgIpc) is 3.11. The van der Waals surface area contributed by atoms with Gasteiger partial charge in [0.1, 0.15) is 23.9 Å². The smallest absolute Gasteiger partial charge is 0.341 e. The van der Waals surface area contributed by atoms with Crippen LogP contribution in [-0.2, 0) is 17.8 Å². The van der Waals surface area contributed by atoms with Crippen molar-refractivity contribution >= 4 is 5.97 Å². The number of benzene rings is 4. The Balaban J connectivity index is 1.42. The van der Waals surface area contributed by atoms with Crippen molar-refractivity contribution in [1.82, 2.24) is 0 Å². The molecule has 1 unspecified atom stereocenters. The second kappa shape index (κ2) is 17.9. The Morgan fingerprint density at radius 3 is 1.91 bits per heavy atom. The van der Waals surface area contributed by atoms with E-state index in [4.69, 9.17) is 24.4 Å². The van der Waals surface area contributed by atoms with Gasteiger partial charge in [-0.3, -0.25) is 0 Å². The standard InChI is InChI=1S/C40H44O7/c1-4-5-6-7-8-9-35-24-34(33-16-21-37(22-17-33)47-40(44)29(3)26-42)18-23-38(35)45-27-30-10-12-31(13-11-30)32-14-19-36(20-15-32)46-39(43)28(2)25-41/h10-24,40-42,44H,2-9,25-27H2,1H3. The molecule has 0 fully saturated rings. The van der Waals surface area contributed by atoms with Crippen LogP contribution in [0.15, 0.2) is 115 Å². The minimum Gasteiger partial charge on any atom is -0.489 e. The van der Waals surface area contributed by atoms with Crippen molar-refractivity contribution in [3.8, 4) is 39.5 Å². The van der Waals surface area contributed by atoms with Crippen LogP contribution in [0, 0.1) is 0 Å². The zero-order valence-corrected chi connectivity index (χ0v) is 27.0. The normalized spacial score (nSPS) is 11.5. The lowest BCUT2D eigenvalue weighted by atomic mass is 9.98. The number of carbonyl (C=O) groups excluding carboxylic acids is 1. The molecule has 0 aliphatic heterocycles. The fourth-order valence-corrected chi connectivity index (χ4v) is 4.94. The van der Waals surface area contributed by atoms with E-state index in [1.54, 1.807) is 24.3 Å². The molecule has 7 heteroatoms. The molecule has 3 N–H and O–H groups in total. The van der Waals surface area contributed by atoms with Gasteiger partial charge in [-0.25, -0.2) is 4.79 Å². The van der Waals surface area contributed by atoms with E-state index in [1.807, 2.05) is 54.6 Å². The first-order valence-corrected chi connectivity index (χ1v) is 16.0. The third-order valence-electron chi connectivity index (χ3n) is 7.82. The van der Waals surface area contributed by atoms with E-state index in [1.165, 1.54) is 25.7 Å². The number of hydrogen-bond acceptors (Lipinski definition) is 7. The monoisotopic (exact) mass is 636 g/mol. The summed E-state index contributed by atoms with van der Waals surface area (Å²) in [6.45, 7) is 8.95. The summed E-state index contributed by atoms with van der Waals surface area (Å²) in [6.07, 6.45) is 5.59. The van der Waals surface area contributed by atoms with Gasteiger partial charge in [-0.1, -0.05) is 100 Å². The minimum atomic E-state index is -1.26. The van der Waals surface area contributed by atoms with Gasteiger partial charge in [0.15, 0.2) is 0 Å². The van der Waals surface area contributed by atoms with Crippen molar-refractivity contribution < 1.29 is 34.3 Å². The van der Waals surface area contributed by atoms with Crippen LogP contribution in [0.5, 0.6) is 17.2 Å². The summed E-state index contributed by atoms with van der Waals surface area (Å²) < 4.78 is 17.1. The molecule has 4 rings (SSSR count). The predicted octanol–water partition coefficient (Wildman–Crippen LogP) is 7.81. The van der Waals surface area contributed by atoms with Gasteiger partial charge in [0.25, 0.3) is 0 Å². The highest BCUT2D eigenvalue weighted by atomic mass is 16.6. The van der Waals surface area contributed by atoms with Crippen molar-refractivity contribution in [1.29, 1.82) is 0 Å². The molecule has 4 aromatic rings. The summed E-state index contributed by atoms with van der Waals surface area (Å²) in [7, 11) is 0. The number of aliphatic hydroxyl groups is 3. The first kappa shape index (κ1) is 35.2. The molecule has 47 heavy (non-hydrogen) atoms. The third-order valence-corrected chi connectivity index (χ3v) is 7.82. The van der Waals surface area contributed by atoms with Gasteiger partial charge in [0.2, 0.25) is 6.29 Å². The Morgan fingerprint density at radius 1 is 0.723 bits per heavy atom. The molecule has 0 amide bonds. The Bertz CT molecular complexity index is 1610. The highest BCUT2D eigenvalue weighted by molar-refractivity contribution is 5.89. The van der Waals surface area contributed by atoms with Gasteiger partial charge in [0.05, 0.1) is 18.8 Å². The van der Waals surface area contributed by atoms with E-state index in [-0.39, 0.29) is 17.8 Å². The van der Waals surface area contributed by atoms with Crippen molar-refractivity contribution in [3.05, 3.63) is 126 Å². The number of unbranched alkanes of at least 4 members (excludes halogenated alkanes) is 4. The summed E-state index contributed by atoms with van der Waals surface area (Å²) in [5.41, 5.74) is 6.49. The molecule has 0 bridgehead atoms. The lowest BCUT2D eigenvalue weighted by Gasteiger charge is -2.16. The highest BCUT2D eigenvalue weighted by Crippen LogP contribution is 2.31. The number of esters is 1. The van der Waals surface area contributed by atoms with E-state index < -0.39 is 18.9 Å². The second-order valence-electron chi connectivity index (χ2n) is 11.5. The fraction of sp³-hybridized carbons (Fsp3) is 0.275. The Labute approximate surface area is 277 Å². The van der Waals surface area contributed by atoms with E-state index in [2.05, 4.69) is 32.2 Å². The summed E-state index contributed by atoms with van der Waals surface area (Å²) in [5.74, 6) is 1.09. The number of aryl methyl sites for hydroxylation is 1. The van der Waals surface area contributed by atoms with Crippen molar-refractivity contribution in [2.75, 3.05) is 13.2 Å². The van der Waals surface area contributed by atoms with Crippen LogP contribution in [0.1, 0.15) is 50.2 Å². The van der Waals surface area contributed by atoms with Crippen molar-refractivity contribution in [2.45, 2.75) is 58.3 Å². The molecule has 0 spiro atoms. The van der Waals surface area contributed by atoms with Crippen LogP contribution in [0.2, 0.25) is 0 Å². The maximum atomic E-state index is 11.8. The summed E-state index contributed by atoms with van der Waals surface area (Å²) in [6, 6.07) is 29.1. The van der Waals surface area contributed by atoms with Gasteiger partial charge in [-0.05, 0) is 82.6 Å². The van der Waals surface area contributed by atoms with Crippen LogP contribution in [0.4, 0.5) is 0 Å². The molecular formula is C40H44O7. The van der Waals surface area contributed by atoms with Crippen LogP contribution in [-0.4, -0.2) is 40.8 Å². The number of ether oxygens (including phenoxy) is 3. The molecule has 7 nitrogen and oxygen atoms in total. The van der Waals surface area contributed by atoms with Crippen molar-refractivity contribution in [2.24, 2.45) is 0 Å². The average molecular weight is 637 g/mol. The maximum Gasteiger partial charge on any atom is 0.341 e. The van der Waals surface area contributed by atoms with Crippen LogP contribution in [0.3, 0.4) is 0 Å². The lowest BCUT2D eigenvalue weighted by Crippen LogP contribution is -2.19. The molecule has 4 aromatic carbocycles. The zero-order chi connectivity index (χ0) is 33.6. The molecule has 1 atom stereocenters. The quantitative estimate of drug-likeness (QED) is 0.0255. The van der Waals surface area contributed by atoms with Crippen LogP contribution >= 0.6 is 0 Å². The first-order valence-electron chi connectivity index (χ1n) is 16.0. The molecule has 0 saturated carbocycles. The number of hydrogen-bond donors (Lipinski definition) is 3. The SMILES string of the molecule is C=C(CO)C(=O)Oc1ccc(-c2ccc(COc3ccc(-c4ccc(OC(O)C(=C)CO)cc4)cc3CCCCCCC)cc2)cc1. The lowest BCUT2D eigenvalue weighted by molar-refractivity contribution is -0.130. The molecule has 0 aliphatic carbocycles. The number of rotatable bonds is 18. The van der Waals surface area contributed by atoms with Gasteiger partial charge < -0.3 is 29.5 Å². The minimum absolute atomic E-state index is 0.00320. The van der Waals surface area contributed by atoms with E-state index >= 15 is 0 Å². The fourth-order valence-electron chi connectivity index (χ4n) is 4.94. The first-order chi connectivity index (χ1) is 22.8. The van der Waals surface area contributed by atoms with E-state index in [0.717, 1.165) is 52.0 Å². The van der Waals surface area contributed by atoms with Crippen LogP contribution in [0.25, 0.3) is 22.3 Å². The Kier molecular flexibility index (Phi) is 13.4. The molecule has 0 aliphatic rings. The van der Waals surface area contributed by atoms with E-state index in [9.17, 15) is 9.90 Å². The topological polar surface area (TPSA) is 105 Å². The number of carbonyl (C=O) groups is 1. The predicted molar refractivity (Wildman–Crippen MR) is 185 cm³/mol. The Morgan fingerprint density at radius 2 is 1.30 bits per heavy atom. The van der Waals surface area contributed by atoms with Gasteiger partial charge in [-0.2, -0.15) is 0 Å². The van der Waals surface area contributed by atoms with Gasteiger partial charge in [-0.15, -0.1) is 0 Å². The molecule has 0 heterocycles. The third kappa shape index (κ3) is 10.4. The molecule has 246 valence electrons. The van der Waals surface area contributed by atoms with E-state index in [0.29, 0.717) is 18.1 Å². The van der Waals surface area contributed by atoms with Gasteiger partial charge >= 0.3 is 5.97 Å². The maximum absolute atomic E-state index is 11.8. The van der Waals surface area contributed by atoms with Crippen LogP contribution < -0.4 is 14.2 Å². The summed E-state index contributed by atoms with van der Waals surface area (Å²) in [5, 5.41) is 28.2. The number of aliphatic hydroxyl groups excluding tert-OH is 3. The van der Waals surface area contributed by atoms with Gasteiger partial charge in [0, 0.05) is 5.57 Å². The molecule has 0 radical (unpaired) electrons. The summed E-state index contributed by atoms with van der Waals surface area (Å²) in [4.78, 5) is 11.8.